The first-order valence-corrected chi connectivity index (χ1v) is 5.40. The van der Waals surface area contributed by atoms with Crippen molar-refractivity contribution in [3.05, 3.63) is 15.8 Å². The maximum Gasteiger partial charge on any atom is 0.422 e. The molecule has 0 saturated heterocycles. The summed E-state index contributed by atoms with van der Waals surface area (Å²) in [5.41, 5.74) is 0.376. The third-order valence-corrected chi connectivity index (χ3v) is 2.85. The summed E-state index contributed by atoms with van der Waals surface area (Å²) in [5, 5.41) is 12.2. The number of ether oxygens (including phenoxy) is 1. The summed E-state index contributed by atoms with van der Waals surface area (Å²) in [4.78, 5) is 21.7. The number of aromatic carboxylic acids is 1. The molecule has 0 aliphatic rings. The van der Waals surface area contributed by atoms with Crippen LogP contribution < -0.4 is 5.32 Å². The number of rotatable bonds is 3. The van der Waals surface area contributed by atoms with Crippen molar-refractivity contribution in [2.75, 3.05) is 11.9 Å². The van der Waals surface area contributed by atoms with Crippen LogP contribution in [0.3, 0.4) is 0 Å². The van der Waals surface area contributed by atoms with E-state index in [0.717, 1.165) is 11.3 Å². The Kier molecular flexibility index (Phi) is 4.17. The lowest BCUT2D eigenvalue weighted by Crippen LogP contribution is -2.24. The summed E-state index contributed by atoms with van der Waals surface area (Å²) < 4.78 is 39.3. The molecular weight excluding hydrogens is 275 g/mol. The van der Waals surface area contributed by atoms with Gasteiger partial charge in [-0.3, -0.25) is 5.32 Å². The van der Waals surface area contributed by atoms with Crippen LogP contribution in [-0.2, 0) is 4.74 Å². The third-order valence-electron chi connectivity index (χ3n) is 1.76. The predicted octanol–water partition coefficient (Wildman–Crippen LogP) is 2.87. The summed E-state index contributed by atoms with van der Waals surface area (Å²) in [6.07, 6.45) is -5.98. The molecule has 18 heavy (non-hydrogen) atoms. The third kappa shape index (κ3) is 3.91. The van der Waals surface area contributed by atoms with Crippen molar-refractivity contribution >= 4 is 29.1 Å². The average Bonchev–Trinajstić information content (AvgIpc) is 2.57. The zero-order valence-corrected chi connectivity index (χ0v) is 9.82. The molecule has 1 amide bonds. The number of carboxylic acids is 1. The minimum atomic E-state index is -4.63. The first kappa shape index (κ1) is 14.3. The zero-order chi connectivity index (χ0) is 13.9. The number of aryl methyl sites for hydroxylation is 1. The number of hydrogen-bond acceptors (Lipinski definition) is 4. The molecule has 0 atom stereocenters. The number of carbonyl (C=O) groups excluding carboxylic acids is 1. The van der Waals surface area contributed by atoms with Crippen LogP contribution in [0.5, 0.6) is 0 Å². The second kappa shape index (κ2) is 5.25. The number of carboxylic acid groups (broad SMARTS) is 1. The van der Waals surface area contributed by atoms with Crippen LogP contribution in [0.4, 0.5) is 23.7 Å². The van der Waals surface area contributed by atoms with Gasteiger partial charge in [-0.1, -0.05) is 0 Å². The predicted molar refractivity (Wildman–Crippen MR) is 57.0 cm³/mol. The van der Waals surface area contributed by atoms with Crippen LogP contribution in [0.2, 0.25) is 0 Å². The van der Waals surface area contributed by atoms with Crippen molar-refractivity contribution in [2.24, 2.45) is 0 Å². The molecule has 1 rings (SSSR count). The molecule has 100 valence electrons. The van der Waals surface area contributed by atoms with Crippen LogP contribution in [0.25, 0.3) is 0 Å². The summed E-state index contributed by atoms with van der Waals surface area (Å²) >= 11 is 0.858. The quantitative estimate of drug-likeness (QED) is 0.894. The molecule has 0 aromatic carbocycles. The Labute approximate surface area is 103 Å². The van der Waals surface area contributed by atoms with Gasteiger partial charge in [0.15, 0.2) is 6.61 Å². The number of thiophene rings is 1. The van der Waals surface area contributed by atoms with Gasteiger partial charge in [-0.2, -0.15) is 13.2 Å². The van der Waals surface area contributed by atoms with E-state index in [1.54, 1.807) is 0 Å². The lowest BCUT2D eigenvalue weighted by atomic mass is 10.3. The molecule has 0 fully saturated rings. The van der Waals surface area contributed by atoms with E-state index < -0.39 is 24.8 Å². The van der Waals surface area contributed by atoms with Crippen molar-refractivity contribution in [3.63, 3.8) is 0 Å². The maximum absolute atomic E-state index is 11.8. The Morgan fingerprint density at radius 3 is 2.61 bits per heavy atom. The van der Waals surface area contributed by atoms with Gasteiger partial charge in [-0.15, -0.1) is 11.3 Å². The highest BCUT2D eigenvalue weighted by atomic mass is 32.1. The molecule has 0 spiro atoms. The van der Waals surface area contributed by atoms with Crippen molar-refractivity contribution in [1.29, 1.82) is 0 Å². The van der Waals surface area contributed by atoms with Crippen molar-refractivity contribution in [3.8, 4) is 0 Å². The van der Waals surface area contributed by atoms with Crippen molar-refractivity contribution < 1.29 is 32.6 Å². The molecule has 0 aliphatic heterocycles. The van der Waals surface area contributed by atoms with E-state index in [9.17, 15) is 22.8 Å². The first-order chi connectivity index (χ1) is 8.20. The Bertz CT molecular complexity index is 469. The van der Waals surface area contributed by atoms with E-state index in [-0.39, 0.29) is 10.6 Å². The fraction of sp³-hybridized carbons (Fsp3) is 0.333. The monoisotopic (exact) mass is 283 g/mol. The van der Waals surface area contributed by atoms with Gasteiger partial charge >= 0.3 is 18.2 Å². The summed E-state index contributed by atoms with van der Waals surface area (Å²) in [5.74, 6) is -1.28. The van der Waals surface area contributed by atoms with Crippen LogP contribution >= 0.6 is 11.3 Å². The van der Waals surface area contributed by atoms with Gasteiger partial charge in [0.25, 0.3) is 0 Å². The highest BCUT2D eigenvalue weighted by molar-refractivity contribution is 7.12. The molecule has 1 heterocycles. The minimum absolute atomic E-state index is 0.0559. The van der Waals surface area contributed by atoms with E-state index in [4.69, 9.17) is 5.11 Å². The molecule has 0 unspecified atom stereocenters. The smallest absolute Gasteiger partial charge is 0.422 e. The number of anilines is 1. The number of carbonyl (C=O) groups is 2. The molecule has 0 aliphatic carbocycles. The minimum Gasteiger partial charge on any atom is -0.477 e. The highest BCUT2D eigenvalue weighted by Crippen LogP contribution is 2.27. The summed E-state index contributed by atoms with van der Waals surface area (Å²) in [7, 11) is 0. The Balaban J connectivity index is 2.70. The van der Waals surface area contributed by atoms with E-state index in [0.29, 0.717) is 5.56 Å². The molecule has 2 N–H and O–H groups in total. The number of nitrogens with one attached hydrogen (secondary N) is 1. The molecule has 1 aromatic heterocycles. The van der Waals surface area contributed by atoms with Gasteiger partial charge in [-0.05, 0) is 17.9 Å². The van der Waals surface area contributed by atoms with E-state index in [1.807, 2.05) is 5.32 Å². The SMILES string of the molecule is Cc1csc(C(=O)O)c1NC(=O)OCC(F)(F)F. The Morgan fingerprint density at radius 1 is 1.50 bits per heavy atom. The van der Waals surface area contributed by atoms with Crippen LogP contribution in [0, 0.1) is 6.92 Å². The lowest BCUT2D eigenvalue weighted by molar-refractivity contribution is -0.159. The van der Waals surface area contributed by atoms with E-state index >= 15 is 0 Å². The van der Waals surface area contributed by atoms with Crippen LogP contribution in [-0.4, -0.2) is 30.0 Å². The fourth-order valence-corrected chi connectivity index (χ4v) is 1.89. The van der Waals surface area contributed by atoms with Gasteiger partial charge in [0.2, 0.25) is 0 Å². The van der Waals surface area contributed by atoms with Gasteiger partial charge in [0.05, 0.1) is 5.69 Å². The van der Waals surface area contributed by atoms with E-state index in [1.165, 1.54) is 12.3 Å². The average molecular weight is 283 g/mol. The second-order valence-corrected chi connectivity index (χ2v) is 4.12. The molecule has 0 bridgehead atoms. The summed E-state index contributed by atoms with van der Waals surface area (Å²) in [6, 6.07) is 0. The van der Waals surface area contributed by atoms with E-state index in [2.05, 4.69) is 4.74 Å². The number of hydrogen-bond donors (Lipinski definition) is 2. The number of amides is 1. The summed E-state index contributed by atoms with van der Waals surface area (Å²) in [6.45, 7) is -0.216. The van der Waals surface area contributed by atoms with Crippen molar-refractivity contribution in [2.45, 2.75) is 13.1 Å². The number of alkyl halides is 3. The van der Waals surface area contributed by atoms with Gasteiger partial charge in [0, 0.05) is 0 Å². The van der Waals surface area contributed by atoms with Gasteiger partial charge < -0.3 is 9.84 Å². The van der Waals surface area contributed by atoms with Crippen LogP contribution in [0.1, 0.15) is 15.2 Å². The largest absolute Gasteiger partial charge is 0.477 e. The standard InChI is InChI=1S/C9H8F3NO4S/c1-4-2-18-6(7(14)15)5(4)13-8(16)17-3-9(10,11)12/h2H,3H2,1H3,(H,13,16)(H,14,15). The molecule has 0 saturated carbocycles. The molecule has 9 heteroatoms. The second-order valence-electron chi connectivity index (χ2n) is 3.24. The van der Waals surface area contributed by atoms with Gasteiger partial charge in [-0.25, -0.2) is 9.59 Å². The Hall–Kier alpha value is -1.77. The topological polar surface area (TPSA) is 75.6 Å². The fourth-order valence-electron chi connectivity index (χ4n) is 1.04. The Morgan fingerprint density at radius 2 is 2.11 bits per heavy atom. The molecule has 5 nitrogen and oxygen atoms in total. The normalized spacial score (nSPS) is 11.1. The molecule has 0 radical (unpaired) electrons. The first-order valence-electron chi connectivity index (χ1n) is 4.52. The van der Waals surface area contributed by atoms with Crippen LogP contribution in [0.15, 0.2) is 5.38 Å². The molecular formula is C9H8F3NO4S. The van der Waals surface area contributed by atoms with Gasteiger partial charge in [0.1, 0.15) is 4.88 Å². The zero-order valence-electron chi connectivity index (χ0n) is 9.00. The van der Waals surface area contributed by atoms with Crippen molar-refractivity contribution in [1.82, 2.24) is 0 Å². The lowest BCUT2D eigenvalue weighted by Gasteiger charge is -2.09. The number of halogens is 3. The highest BCUT2D eigenvalue weighted by Gasteiger charge is 2.30. The maximum atomic E-state index is 11.8. The molecule has 1 aromatic rings.